The van der Waals surface area contributed by atoms with Gasteiger partial charge < -0.3 is 15.3 Å². The summed E-state index contributed by atoms with van der Waals surface area (Å²) < 4.78 is 0. The van der Waals surface area contributed by atoms with Crippen LogP contribution in [0.3, 0.4) is 0 Å². The van der Waals surface area contributed by atoms with Crippen molar-refractivity contribution >= 4 is 0 Å². The molecule has 10 atom stereocenters. The van der Waals surface area contributed by atoms with E-state index < -0.39 is 5.60 Å². The molecule has 5 fully saturated rings. The maximum absolute atomic E-state index is 12.4. The normalized spacial score (nSPS) is 57.6. The van der Waals surface area contributed by atoms with Crippen molar-refractivity contribution in [2.45, 2.75) is 137 Å². The third-order valence-corrected chi connectivity index (χ3v) is 13.4. The zero-order valence-corrected chi connectivity index (χ0v) is 22.6. The van der Waals surface area contributed by atoms with Gasteiger partial charge in [0.25, 0.3) is 0 Å². The molecule has 4 unspecified atom stereocenters. The van der Waals surface area contributed by atoms with Crippen molar-refractivity contribution in [2.75, 3.05) is 0 Å². The molecular weight excluding hydrogens is 408 g/mol. The van der Waals surface area contributed by atoms with E-state index in [1.807, 2.05) is 0 Å². The van der Waals surface area contributed by atoms with Crippen LogP contribution < -0.4 is 0 Å². The van der Waals surface area contributed by atoms with E-state index in [-0.39, 0.29) is 39.3 Å². The molecule has 5 saturated carbocycles. The van der Waals surface area contributed by atoms with E-state index in [4.69, 9.17) is 0 Å². The SMILES string of the molecule is CC1(C)C2CC[C@@]3(C)C[C@@]4(O)CC[C@H]5C(C)(C)C(O)CCC5(C)[C@H]4CCC3[C@@]2(C)CC[C@@H]1O. The molecule has 3 N–H and O–H groups in total. The minimum atomic E-state index is -0.569. The third kappa shape index (κ3) is 3.16. The summed E-state index contributed by atoms with van der Waals surface area (Å²) in [5.41, 5.74) is -0.118. The van der Waals surface area contributed by atoms with Crippen molar-refractivity contribution in [3.05, 3.63) is 0 Å². The summed E-state index contributed by atoms with van der Waals surface area (Å²) in [6.45, 7) is 16.7. The van der Waals surface area contributed by atoms with Gasteiger partial charge in [0.2, 0.25) is 0 Å². The molecule has 3 nitrogen and oxygen atoms in total. The Hall–Kier alpha value is -0.120. The molecule has 0 bridgehead atoms. The number of hydrogen-bond acceptors (Lipinski definition) is 3. The number of aliphatic hydroxyl groups excluding tert-OH is 2. The summed E-state index contributed by atoms with van der Waals surface area (Å²) >= 11 is 0. The first-order valence-corrected chi connectivity index (χ1v) is 14.2. The smallest absolute Gasteiger partial charge is 0.0686 e. The molecule has 0 aromatic carbocycles. The minimum absolute atomic E-state index is 0.0229. The average Bonchev–Trinajstić information content (AvgIpc) is 2.82. The number of fused-ring (bicyclic) bond motifs is 6. The molecule has 190 valence electrons. The molecule has 3 heteroatoms. The predicted molar refractivity (Wildman–Crippen MR) is 134 cm³/mol. The van der Waals surface area contributed by atoms with E-state index in [1.54, 1.807) is 0 Å². The van der Waals surface area contributed by atoms with E-state index in [0.717, 1.165) is 51.4 Å². The van der Waals surface area contributed by atoms with Gasteiger partial charge in [-0.3, -0.25) is 0 Å². The summed E-state index contributed by atoms with van der Waals surface area (Å²) in [5.74, 6) is 2.00. The number of hydrogen-bond donors (Lipinski definition) is 3. The lowest BCUT2D eigenvalue weighted by molar-refractivity contribution is -0.212. The van der Waals surface area contributed by atoms with Gasteiger partial charge in [-0.05, 0) is 121 Å². The highest BCUT2D eigenvalue weighted by Gasteiger charge is 2.67. The lowest BCUT2D eigenvalue weighted by Crippen LogP contribution is -2.62. The van der Waals surface area contributed by atoms with Crippen molar-refractivity contribution < 1.29 is 15.3 Å². The third-order valence-electron chi connectivity index (χ3n) is 13.4. The first kappa shape index (κ1) is 24.6. The highest BCUT2D eigenvalue weighted by atomic mass is 16.3. The summed E-state index contributed by atoms with van der Waals surface area (Å²) in [7, 11) is 0. The van der Waals surface area contributed by atoms with Crippen molar-refractivity contribution in [1.82, 2.24) is 0 Å². The van der Waals surface area contributed by atoms with E-state index in [0.29, 0.717) is 23.7 Å². The van der Waals surface area contributed by atoms with Crippen LogP contribution in [-0.2, 0) is 0 Å². The van der Waals surface area contributed by atoms with Gasteiger partial charge in [0.1, 0.15) is 0 Å². The van der Waals surface area contributed by atoms with Gasteiger partial charge in [-0.2, -0.15) is 0 Å². The van der Waals surface area contributed by atoms with Gasteiger partial charge in [0.15, 0.2) is 0 Å². The van der Waals surface area contributed by atoms with E-state index in [9.17, 15) is 15.3 Å². The predicted octanol–water partition coefficient (Wildman–Crippen LogP) is 6.33. The first-order valence-electron chi connectivity index (χ1n) is 14.2. The molecule has 0 heterocycles. The zero-order valence-electron chi connectivity index (χ0n) is 22.6. The minimum Gasteiger partial charge on any atom is -0.393 e. The highest BCUT2D eigenvalue weighted by molar-refractivity contribution is 5.16. The molecule has 5 aliphatic rings. The number of rotatable bonds is 0. The maximum atomic E-state index is 12.4. The van der Waals surface area contributed by atoms with Gasteiger partial charge >= 0.3 is 0 Å². The Morgan fingerprint density at radius 1 is 0.515 bits per heavy atom. The fraction of sp³-hybridized carbons (Fsp3) is 1.00. The topological polar surface area (TPSA) is 60.7 Å². The van der Waals surface area contributed by atoms with Crippen LogP contribution in [0.2, 0.25) is 0 Å². The Balaban J connectivity index is 1.52. The Bertz CT molecular complexity index is 725. The van der Waals surface area contributed by atoms with Gasteiger partial charge in [0, 0.05) is 0 Å². The molecule has 5 rings (SSSR count). The maximum Gasteiger partial charge on any atom is 0.0686 e. The van der Waals surface area contributed by atoms with E-state index in [2.05, 4.69) is 48.5 Å². The molecule has 0 radical (unpaired) electrons. The lowest BCUT2D eigenvalue weighted by atomic mass is 9.41. The second kappa shape index (κ2) is 7.22. The highest BCUT2D eigenvalue weighted by Crippen LogP contribution is 2.71. The molecule has 0 aliphatic heterocycles. The molecule has 0 saturated heterocycles. The lowest BCUT2D eigenvalue weighted by Gasteiger charge is -2.65. The molecule has 0 amide bonds. The molecule has 0 aromatic heterocycles. The molecule has 0 aromatic rings. The molecule has 5 aliphatic carbocycles. The van der Waals surface area contributed by atoms with Crippen LogP contribution in [0.25, 0.3) is 0 Å². The van der Waals surface area contributed by atoms with Crippen LogP contribution in [0.4, 0.5) is 0 Å². The summed E-state index contributed by atoms with van der Waals surface area (Å²) in [5, 5.41) is 34.2. The van der Waals surface area contributed by atoms with Gasteiger partial charge in [-0.15, -0.1) is 0 Å². The van der Waals surface area contributed by atoms with Crippen LogP contribution in [0.15, 0.2) is 0 Å². The van der Waals surface area contributed by atoms with Crippen molar-refractivity contribution in [3.63, 3.8) is 0 Å². The second-order valence-corrected chi connectivity index (χ2v) is 15.6. The molecule has 33 heavy (non-hydrogen) atoms. The number of aliphatic hydroxyl groups is 3. The van der Waals surface area contributed by atoms with Crippen LogP contribution in [0, 0.1) is 50.7 Å². The fourth-order valence-corrected chi connectivity index (χ4v) is 11.7. The molecular formula is C30H52O3. The fourth-order valence-electron chi connectivity index (χ4n) is 11.7. The molecule has 0 spiro atoms. The van der Waals surface area contributed by atoms with Gasteiger partial charge in [-0.25, -0.2) is 0 Å². The van der Waals surface area contributed by atoms with Crippen LogP contribution >= 0.6 is 0 Å². The van der Waals surface area contributed by atoms with Crippen molar-refractivity contribution in [2.24, 2.45) is 50.7 Å². The van der Waals surface area contributed by atoms with Gasteiger partial charge in [0.05, 0.1) is 17.8 Å². The van der Waals surface area contributed by atoms with E-state index in [1.165, 1.54) is 19.3 Å². The Morgan fingerprint density at radius 3 is 1.52 bits per heavy atom. The van der Waals surface area contributed by atoms with Crippen molar-refractivity contribution in [1.29, 1.82) is 0 Å². The average molecular weight is 461 g/mol. The van der Waals surface area contributed by atoms with Crippen molar-refractivity contribution in [3.8, 4) is 0 Å². The summed E-state index contributed by atoms with van der Waals surface area (Å²) in [6.07, 6.45) is 11.2. The summed E-state index contributed by atoms with van der Waals surface area (Å²) in [6, 6.07) is 0. The first-order chi connectivity index (χ1) is 15.1. The Kier molecular flexibility index (Phi) is 5.38. The summed E-state index contributed by atoms with van der Waals surface area (Å²) in [4.78, 5) is 0. The van der Waals surface area contributed by atoms with Crippen LogP contribution in [-0.4, -0.2) is 33.1 Å². The quantitative estimate of drug-likeness (QED) is 0.395. The van der Waals surface area contributed by atoms with Gasteiger partial charge in [-0.1, -0.05) is 48.5 Å². The van der Waals surface area contributed by atoms with Crippen LogP contribution in [0.1, 0.15) is 119 Å². The van der Waals surface area contributed by atoms with E-state index >= 15 is 0 Å². The van der Waals surface area contributed by atoms with Crippen LogP contribution in [0.5, 0.6) is 0 Å². The standard InChI is InChI=1S/C30H52O3/c1-25(2)19-10-14-27(5)18-30(33)17-11-20-26(3,4)24(32)13-16-29(20,7)22(30)9-8-21(27)28(19,6)15-12-23(25)31/h19-24,31-33H,8-18H2,1-7H3/t19?,20-,21?,22+,23-,24?,27-,28-,29?,30-/m0/s1. The largest absolute Gasteiger partial charge is 0.393 e. The monoisotopic (exact) mass is 460 g/mol. The zero-order chi connectivity index (χ0) is 24.2. The second-order valence-electron chi connectivity index (χ2n) is 15.6. The Morgan fingerprint density at radius 2 is 0.970 bits per heavy atom. The Labute approximate surface area is 203 Å².